The fourth-order valence-corrected chi connectivity index (χ4v) is 9.02. The first-order valence-corrected chi connectivity index (χ1v) is 19.4. The van der Waals surface area contributed by atoms with Crippen molar-refractivity contribution in [2.45, 2.75) is 62.3 Å². The Hall–Kier alpha value is -5.47. The molecule has 3 aliphatic rings. The van der Waals surface area contributed by atoms with Gasteiger partial charge in [0.05, 0.1) is 0 Å². The predicted octanol–water partition coefficient (Wildman–Crippen LogP) is 5.60. The molecular formula is C40H39N5O7S2. The summed E-state index contributed by atoms with van der Waals surface area (Å²) in [6.07, 6.45) is -0.0111. The number of ether oxygens (including phenoxy) is 2. The maximum atomic E-state index is 13.9. The Kier molecular flexibility index (Phi) is 10.3. The number of nitrogens with one attached hydrogen (secondary N) is 2. The van der Waals surface area contributed by atoms with Crippen molar-refractivity contribution in [1.82, 2.24) is 15.2 Å². The van der Waals surface area contributed by atoms with Crippen molar-refractivity contribution in [2.75, 3.05) is 18.2 Å². The van der Waals surface area contributed by atoms with Crippen LogP contribution in [-0.4, -0.2) is 75.3 Å². The molecule has 0 radical (unpaired) electrons. The average Bonchev–Trinajstić information content (AvgIpc) is 3.83. The number of fused-ring (bicyclic) bond motifs is 1. The van der Waals surface area contributed by atoms with Gasteiger partial charge in [0, 0.05) is 23.1 Å². The second kappa shape index (κ2) is 15.1. The van der Waals surface area contributed by atoms with E-state index in [1.165, 1.54) is 35.1 Å². The summed E-state index contributed by atoms with van der Waals surface area (Å²) in [6.45, 7) is 5.20. The van der Waals surface area contributed by atoms with Gasteiger partial charge in [-0.05, 0) is 43.9 Å². The first kappa shape index (κ1) is 36.9. The van der Waals surface area contributed by atoms with Gasteiger partial charge in [0.15, 0.2) is 10.8 Å². The Labute approximate surface area is 321 Å². The molecular weight excluding hydrogens is 727 g/mol. The average molecular weight is 766 g/mol. The number of cyclic esters (lactones) is 1. The fourth-order valence-electron chi connectivity index (χ4n) is 6.86. The summed E-state index contributed by atoms with van der Waals surface area (Å²) in [5.41, 5.74) is 1.96. The van der Waals surface area contributed by atoms with Crippen LogP contribution in [-0.2, 0) is 39.0 Å². The number of rotatable bonds is 11. The number of amides is 2. The lowest BCUT2D eigenvalue weighted by molar-refractivity contribution is -0.159. The van der Waals surface area contributed by atoms with Gasteiger partial charge in [0.2, 0.25) is 0 Å². The number of thiazole rings is 1. The predicted molar refractivity (Wildman–Crippen MR) is 205 cm³/mol. The number of anilines is 1. The van der Waals surface area contributed by atoms with E-state index in [4.69, 9.17) is 19.3 Å². The van der Waals surface area contributed by atoms with Crippen molar-refractivity contribution < 1.29 is 33.5 Å². The second-order valence-corrected chi connectivity index (χ2v) is 15.9. The zero-order valence-corrected chi connectivity index (χ0v) is 31.7. The molecule has 4 heterocycles. The summed E-state index contributed by atoms with van der Waals surface area (Å²) in [4.78, 5) is 64.4. The third-order valence-electron chi connectivity index (χ3n) is 9.21. The number of hydrogen-bond acceptors (Lipinski definition) is 12. The van der Waals surface area contributed by atoms with E-state index in [1.807, 2.05) is 54.6 Å². The van der Waals surface area contributed by atoms with Crippen molar-refractivity contribution in [3.05, 3.63) is 130 Å². The van der Waals surface area contributed by atoms with Gasteiger partial charge in [0.1, 0.15) is 47.2 Å². The molecule has 0 spiro atoms. The number of esters is 2. The van der Waals surface area contributed by atoms with Crippen LogP contribution in [0.4, 0.5) is 5.13 Å². The van der Waals surface area contributed by atoms with Crippen LogP contribution in [0.15, 0.2) is 113 Å². The standard InChI is InChI=1S/C40H39N5O7S2/c1-39(2,3)52-37(49)33-27(29-20-21-30(46)51-29)22-53-36-32(35(48)45(33)36)42-34(47)31(44-50-4)28-23-54-38(41-28)43-40(24-14-8-5-9-15-24,25-16-10-6-11-17-25)26-18-12-7-13-19-26/h5-19,23,29,32,36H,20-22H2,1-4H3,(H,41,43)(H,42,47)/t29-,32+,36+/m0/s1. The molecule has 7 rings (SSSR count). The van der Waals surface area contributed by atoms with E-state index >= 15 is 0 Å². The number of β-lactam (4-membered cyclic amide) rings is 1. The van der Waals surface area contributed by atoms with E-state index in [0.717, 1.165) is 16.7 Å². The molecule has 2 amide bonds. The Morgan fingerprint density at radius 3 is 2.04 bits per heavy atom. The fraction of sp³-hybridized carbons (Fsp3) is 0.300. The third kappa shape index (κ3) is 7.10. The Morgan fingerprint density at radius 1 is 0.926 bits per heavy atom. The number of nitrogens with zero attached hydrogens (tertiary/aromatic N) is 3. The SMILES string of the molecule is CON=C(C(=O)N[C@@H]1C(=O)N2C(C(=O)OC(C)(C)C)=C([C@@H]3CCC(=O)O3)CS[C@H]12)c1csc(NC(c2ccccc2)(c2ccccc2)c2ccccc2)n1. The first-order valence-electron chi connectivity index (χ1n) is 17.4. The third-order valence-corrected chi connectivity index (χ3v) is 11.3. The summed E-state index contributed by atoms with van der Waals surface area (Å²) in [6, 6.07) is 29.2. The quantitative estimate of drug-likeness (QED) is 0.0650. The van der Waals surface area contributed by atoms with Crippen LogP contribution in [0.5, 0.6) is 0 Å². The molecule has 0 unspecified atom stereocenters. The highest BCUT2D eigenvalue weighted by Gasteiger charge is 2.56. The number of hydrogen-bond donors (Lipinski definition) is 2. The lowest BCUT2D eigenvalue weighted by Gasteiger charge is -2.50. The number of oxime groups is 1. The molecule has 12 nitrogen and oxygen atoms in total. The molecule has 54 heavy (non-hydrogen) atoms. The molecule has 1 aromatic heterocycles. The molecule has 3 aromatic carbocycles. The van der Waals surface area contributed by atoms with E-state index in [9.17, 15) is 19.2 Å². The summed E-state index contributed by atoms with van der Waals surface area (Å²) in [7, 11) is 1.33. The molecule has 3 aliphatic heterocycles. The van der Waals surface area contributed by atoms with Crippen LogP contribution in [0.2, 0.25) is 0 Å². The molecule has 0 saturated carbocycles. The van der Waals surface area contributed by atoms with Crippen LogP contribution in [0.1, 0.15) is 56.0 Å². The topological polar surface area (TPSA) is 149 Å². The van der Waals surface area contributed by atoms with Gasteiger partial charge in [-0.15, -0.1) is 23.1 Å². The molecule has 278 valence electrons. The molecule has 0 aliphatic carbocycles. The maximum Gasteiger partial charge on any atom is 0.355 e. The smallest absolute Gasteiger partial charge is 0.355 e. The number of carbonyl (C=O) groups is 4. The van der Waals surface area contributed by atoms with E-state index in [2.05, 4.69) is 52.2 Å². The normalized spacial score (nSPS) is 20.1. The largest absolute Gasteiger partial charge is 0.458 e. The summed E-state index contributed by atoms with van der Waals surface area (Å²) < 4.78 is 11.2. The zero-order chi connectivity index (χ0) is 38.0. The molecule has 3 atom stereocenters. The minimum absolute atomic E-state index is 0.0589. The van der Waals surface area contributed by atoms with Gasteiger partial charge in [-0.1, -0.05) is 96.2 Å². The zero-order valence-electron chi connectivity index (χ0n) is 30.1. The van der Waals surface area contributed by atoms with Crippen molar-refractivity contribution in [3.8, 4) is 0 Å². The Balaban J connectivity index is 1.16. The minimum atomic E-state index is -0.979. The van der Waals surface area contributed by atoms with Crippen LogP contribution >= 0.6 is 23.1 Å². The van der Waals surface area contributed by atoms with Crippen LogP contribution < -0.4 is 10.6 Å². The van der Waals surface area contributed by atoms with Crippen LogP contribution in [0.25, 0.3) is 0 Å². The first-order chi connectivity index (χ1) is 26.0. The van der Waals surface area contributed by atoms with Crippen LogP contribution in [0.3, 0.4) is 0 Å². The van der Waals surface area contributed by atoms with Crippen LogP contribution in [0, 0.1) is 0 Å². The van der Waals surface area contributed by atoms with Gasteiger partial charge < -0.3 is 24.9 Å². The van der Waals surface area contributed by atoms with Crippen molar-refractivity contribution in [3.63, 3.8) is 0 Å². The summed E-state index contributed by atoms with van der Waals surface area (Å²) in [5.74, 6) is -1.92. The highest BCUT2D eigenvalue weighted by Crippen LogP contribution is 2.44. The van der Waals surface area contributed by atoms with Gasteiger partial charge >= 0.3 is 11.9 Å². The lowest BCUT2D eigenvalue weighted by atomic mass is 9.77. The van der Waals surface area contributed by atoms with Crippen molar-refractivity contribution >= 4 is 57.7 Å². The van der Waals surface area contributed by atoms with Gasteiger partial charge in [-0.3, -0.25) is 19.3 Å². The van der Waals surface area contributed by atoms with Gasteiger partial charge in [0.25, 0.3) is 11.8 Å². The second-order valence-electron chi connectivity index (χ2n) is 13.9. The molecule has 4 aromatic rings. The number of aromatic nitrogens is 1. The van der Waals surface area contributed by atoms with E-state index in [0.29, 0.717) is 22.9 Å². The summed E-state index contributed by atoms with van der Waals surface area (Å²) >= 11 is 2.66. The Morgan fingerprint density at radius 2 is 1.52 bits per heavy atom. The molecule has 2 fully saturated rings. The van der Waals surface area contributed by atoms with Gasteiger partial charge in [-0.25, -0.2) is 9.78 Å². The maximum absolute atomic E-state index is 13.9. The molecule has 14 heteroatoms. The number of carbonyl (C=O) groups excluding carboxylic acids is 4. The molecule has 2 saturated heterocycles. The highest BCUT2D eigenvalue weighted by molar-refractivity contribution is 8.00. The summed E-state index contributed by atoms with van der Waals surface area (Å²) in [5, 5.41) is 12.1. The van der Waals surface area contributed by atoms with E-state index in [1.54, 1.807) is 26.2 Å². The van der Waals surface area contributed by atoms with E-state index in [-0.39, 0.29) is 29.5 Å². The number of thioether (sulfide) groups is 1. The van der Waals surface area contributed by atoms with Crippen molar-refractivity contribution in [2.24, 2.45) is 5.16 Å². The van der Waals surface area contributed by atoms with E-state index < -0.39 is 46.4 Å². The monoisotopic (exact) mass is 765 g/mol. The lowest BCUT2D eigenvalue weighted by Crippen LogP contribution is -2.71. The highest BCUT2D eigenvalue weighted by atomic mass is 32.2. The molecule has 2 N–H and O–H groups in total. The van der Waals surface area contributed by atoms with Gasteiger partial charge in [-0.2, -0.15) is 0 Å². The number of benzene rings is 3. The van der Waals surface area contributed by atoms with Crippen molar-refractivity contribution in [1.29, 1.82) is 0 Å². The minimum Gasteiger partial charge on any atom is -0.458 e. The Bertz CT molecular complexity index is 2020. The molecule has 0 bridgehead atoms.